The second kappa shape index (κ2) is 7.32. The molecule has 100 valence electrons. The van der Waals surface area contributed by atoms with Crippen LogP contribution in [0.3, 0.4) is 0 Å². The Labute approximate surface area is 120 Å². The molecule has 1 atom stereocenters. The predicted octanol–water partition coefficient (Wildman–Crippen LogP) is 3.96. The van der Waals surface area contributed by atoms with E-state index in [1.54, 1.807) is 0 Å². The maximum atomic E-state index is 5.93. The second-order valence-corrected chi connectivity index (χ2v) is 5.38. The minimum atomic E-state index is 0.605. The molecule has 0 aliphatic heterocycles. The fourth-order valence-corrected chi connectivity index (χ4v) is 2.53. The molecule has 0 saturated carbocycles. The van der Waals surface area contributed by atoms with Gasteiger partial charge in [-0.3, -0.25) is 0 Å². The predicted molar refractivity (Wildman–Crippen MR) is 82.7 cm³/mol. The first-order valence-electron chi connectivity index (χ1n) is 6.71. The Morgan fingerprint density at radius 1 is 0.895 bits per heavy atom. The lowest BCUT2D eigenvalue weighted by Gasteiger charge is -2.17. The molecule has 2 aromatic carbocycles. The van der Waals surface area contributed by atoms with Crippen molar-refractivity contribution in [2.75, 3.05) is 13.6 Å². The monoisotopic (exact) mass is 273 g/mol. The first-order valence-corrected chi connectivity index (χ1v) is 7.08. The van der Waals surface area contributed by atoms with Crippen LogP contribution >= 0.6 is 11.6 Å². The summed E-state index contributed by atoms with van der Waals surface area (Å²) in [5.74, 6) is 0.605. The fraction of sp³-hybridized carbons (Fsp3) is 0.294. The third kappa shape index (κ3) is 4.70. The van der Waals surface area contributed by atoms with Gasteiger partial charge in [-0.05, 0) is 55.6 Å². The molecule has 0 heterocycles. The van der Waals surface area contributed by atoms with Crippen LogP contribution in [0.25, 0.3) is 0 Å². The third-order valence-electron chi connectivity index (χ3n) is 3.30. The van der Waals surface area contributed by atoms with E-state index in [1.807, 2.05) is 19.2 Å². The van der Waals surface area contributed by atoms with Crippen molar-refractivity contribution in [3.05, 3.63) is 70.7 Å². The van der Waals surface area contributed by atoms with Crippen molar-refractivity contribution in [2.24, 2.45) is 5.92 Å². The van der Waals surface area contributed by atoms with Crippen molar-refractivity contribution in [3.63, 3.8) is 0 Å². The van der Waals surface area contributed by atoms with Gasteiger partial charge in [0.25, 0.3) is 0 Å². The molecule has 0 aliphatic carbocycles. The Hall–Kier alpha value is -1.31. The highest BCUT2D eigenvalue weighted by Gasteiger charge is 2.10. The van der Waals surface area contributed by atoms with Crippen LogP contribution in [0.15, 0.2) is 54.6 Å². The maximum Gasteiger partial charge on any atom is 0.0406 e. The van der Waals surface area contributed by atoms with Gasteiger partial charge in [0.1, 0.15) is 0 Å². The molecule has 0 bridgehead atoms. The zero-order valence-electron chi connectivity index (χ0n) is 11.3. The van der Waals surface area contributed by atoms with Crippen LogP contribution in [0.5, 0.6) is 0 Å². The van der Waals surface area contributed by atoms with Gasteiger partial charge in [0.15, 0.2) is 0 Å². The van der Waals surface area contributed by atoms with Crippen molar-refractivity contribution in [1.29, 1.82) is 0 Å². The quantitative estimate of drug-likeness (QED) is 0.840. The van der Waals surface area contributed by atoms with Crippen molar-refractivity contribution in [2.45, 2.75) is 12.8 Å². The summed E-state index contributed by atoms with van der Waals surface area (Å²) in [6.07, 6.45) is 2.18. The summed E-state index contributed by atoms with van der Waals surface area (Å²) < 4.78 is 0. The zero-order valence-corrected chi connectivity index (χ0v) is 12.0. The Morgan fingerprint density at radius 2 is 1.47 bits per heavy atom. The first kappa shape index (κ1) is 14.1. The molecular weight excluding hydrogens is 254 g/mol. The summed E-state index contributed by atoms with van der Waals surface area (Å²) in [5, 5.41) is 4.10. The van der Waals surface area contributed by atoms with E-state index in [4.69, 9.17) is 11.6 Å². The average molecular weight is 274 g/mol. The Morgan fingerprint density at radius 3 is 2.05 bits per heavy atom. The Kier molecular flexibility index (Phi) is 5.44. The van der Waals surface area contributed by atoms with Crippen LogP contribution in [0.1, 0.15) is 11.1 Å². The van der Waals surface area contributed by atoms with E-state index in [2.05, 4.69) is 47.8 Å². The smallest absolute Gasteiger partial charge is 0.0406 e. The Balaban J connectivity index is 2.01. The van der Waals surface area contributed by atoms with Gasteiger partial charge in [-0.25, -0.2) is 0 Å². The summed E-state index contributed by atoms with van der Waals surface area (Å²) in [5.41, 5.74) is 2.75. The highest BCUT2D eigenvalue weighted by Crippen LogP contribution is 2.16. The number of halogens is 1. The normalized spacial score (nSPS) is 12.3. The van der Waals surface area contributed by atoms with Gasteiger partial charge in [-0.15, -0.1) is 0 Å². The van der Waals surface area contributed by atoms with Gasteiger partial charge < -0.3 is 5.32 Å². The van der Waals surface area contributed by atoms with Gasteiger partial charge in [0.05, 0.1) is 0 Å². The van der Waals surface area contributed by atoms with Crippen molar-refractivity contribution in [3.8, 4) is 0 Å². The van der Waals surface area contributed by atoms with E-state index in [9.17, 15) is 0 Å². The van der Waals surface area contributed by atoms with Gasteiger partial charge in [0.2, 0.25) is 0 Å². The van der Waals surface area contributed by atoms with E-state index in [-0.39, 0.29) is 0 Å². The van der Waals surface area contributed by atoms with Crippen LogP contribution in [0, 0.1) is 5.92 Å². The molecule has 2 aromatic rings. The van der Waals surface area contributed by atoms with Crippen LogP contribution in [0.4, 0.5) is 0 Å². The number of nitrogens with one attached hydrogen (secondary N) is 1. The lowest BCUT2D eigenvalue weighted by atomic mass is 9.92. The van der Waals surface area contributed by atoms with Crippen molar-refractivity contribution < 1.29 is 0 Å². The van der Waals surface area contributed by atoms with E-state index in [0.717, 1.165) is 24.4 Å². The lowest BCUT2D eigenvalue weighted by molar-refractivity contribution is 0.493. The minimum absolute atomic E-state index is 0.605. The summed E-state index contributed by atoms with van der Waals surface area (Å²) in [6, 6.07) is 18.9. The highest BCUT2D eigenvalue weighted by atomic mass is 35.5. The van der Waals surface area contributed by atoms with Gasteiger partial charge in [-0.2, -0.15) is 0 Å². The van der Waals surface area contributed by atoms with Gasteiger partial charge in [-0.1, -0.05) is 54.1 Å². The van der Waals surface area contributed by atoms with E-state index in [1.165, 1.54) is 11.1 Å². The minimum Gasteiger partial charge on any atom is -0.319 e. The van der Waals surface area contributed by atoms with E-state index in [0.29, 0.717) is 5.92 Å². The molecular formula is C17H20ClN. The molecule has 19 heavy (non-hydrogen) atoms. The molecule has 0 fully saturated rings. The lowest BCUT2D eigenvalue weighted by Crippen LogP contribution is -2.22. The van der Waals surface area contributed by atoms with Gasteiger partial charge >= 0.3 is 0 Å². The topological polar surface area (TPSA) is 12.0 Å². The molecule has 0 aromatic heterocycles. The van der Waals surface area contributed by atoms with Crippen LogP contribution in [0.2, 0.25) is 5.02 Å². The fourth-order valence-electron chi connectivity index (χ4n) is 2.41. The largest absolute Gasteiger partial charge is 0.319 e. The molecule has 0 amide bonds. The molecule has 0 radical (unpaired) electrons. The molecule has 0 saturated heterocycles. The number of hydrogen-bond donors (Lipinski definition) is 1. The van der Waals surface area contributed by atoms with Crippen LogP contribution in [-0.2, 0) is 12.8 Å². The molecule has 0 aliphatic rings. The molecule has 1 nitrogen and oxygen atoms in total. The van der Waals surface area contributed by atoms with Crippen LogP contribution < -0.4 is 5.32 Å². The third-order valence-corrected chi connectivity index (χ3v) is 3.55. The molecule has 1 N–H and O–H groups in total. The van der Waals surface area contributed by atoms with Crippen molar-refractivity contribution >= 4 is 11.6 Å². The number of hydrogen-bond acceptors (Lipinski definition) is 1. The molecule has 2 heteroatoms. The SMILES string of the molecule is CNCC(Cc1ccccc1)Cc1ccc(Cl)cc1. The zero-order chi connectivity index (χ0) is 13.5. The summed E-state index contributed by atoms with van der Waals surface area (Å²) in [4.78, 5) is 0. The average Bonchev–Trinajstić information content (AvgIpc) is 2.43. The number of benzene rings is 2. The summed E-state index contributed by atoms with van der Waals surface area (Å²) >= 11 is 5.93. The second-order valence-electron chi connectivity index (χ2n) is 4.94. The summed E-state index contributed by atoms with van der Waals surface area (Å²) in [6.45, 7) is 1.03. The Bertz CT molecular complexity index is 478. The molecule has 0 spiro atoms. The molecule has 1 unspecified atom stereocenters. The van der Waals surface area contributed by atoms with Crippen molar-refractivity contribution in [1.82, 2.24) is 5.32 Å². The van der Waals surface area contributed by atoms with Crippen LogP contribution in [-0.4, -0.2) is 13.6 Å². The summed E-state index contributed by atoms with van der Waals surface area (Å²) in [7, 11) is 2.01. The maximum absolute atomic E-state index is 5.93. The standard InChI is InChI=1S/C17H20ClN/c1-19-13-16(11-14-5-3-2-4-6-14)12-15-7-9-17(18)10-8-15/h2-10,16,19H,11-13H2,1H3. The first-order chi connectivity index (χ1) is 9.28. The molecule has 2 rings (SSSR count). The van der Waals surface area contributed by atoms with Gasteiger partial charge in [0, 0.05) is 5.02 Å². The van der Waals surface area contributed by atoms with E-state index < -0.39 is 0 Å². The highest BCUT2D eigenvalue weighted by molar-refractivity contribution is 6.30. The number of rotatable bonds is 6. The van der Waals surface area contributed by atoms with E-state index >= 15 is 0 Å².